The number of amides is 3. The van der Waals surface area contributed by atoms with Gasteiger partial charge in [-0.25, -0.2) is 8.78 Å². The molecular formula is C28H34F2N4O3. The van der Waals surface area contributed by atoms with Crippen molar-refractivity contribution in [2.24, 2.45) is 5.73 Å². The van der Waals surface area contributed by atoms with E-state index in [9.17, 15) is 23.2 Å². The number of anilines is 1. The summed E-state index contributed by atoms with van der Waals surface area (Å²) in [7, 11) is 0. The van der Waals surface area contributed by atoms with Crippen LogP contribution < -0.4 is 16.0 Å². The van der Waals surface area contributed by atoms with Crippen LogP contribution in [-0.2, 0) is 9.59 Å². The summed E-state index contributed by atoms with van der Waals surface area (Å²) in [5.74, 6) is -3.66. The number of rotatable bonds is 9. The lowest BCUT2D eigenvalue weighted by Crippen LogP contribution is -2.53. The minimum Gasteiger partial charge on any atom is -0.330 e. The van der Waals surface area contributed by atoms with E-state index in [1.54, 1.807) is 6.07 Å². The van der Waals surface area contributed by atoms with Crippen molar-refractivity contribution in [3.05, 3.63) is 41.5 Å². The van der Waals surface area contributed by atoms with Crippen molar-refractivity contribution >= 4 is 34.2 Å². The molecule has 2 atom stereocenters. The number of nitrogens with one attached hydrogen (secondary N) is 1. The minimum absolute atomic E-state index is 0.0435. The number of alkyl halides is 2. The molecule has 7 nitrogen and oxygen atoms in total. The van der Waals surface area contributed by atoms with Crippen LogP contribution in [0.15, 0.2) is 30.3 Å². The highest BCUT2D eigenvalue weighted by Crippen LogP contribution is 2.44. The zero-order valence-electron chi connectivity index (χ0n) is 21.0. The predicted octanol–water partition coefficient (Wildman–Crippen LogP) is 4.29. The first-order chi connectivity index (χ1) is 17.8. The van der Waals surface area contributed by atoms with E-state index in [0.717, 1.165) is 48.4 Å². The highest BCUT2D eigenvalue weighted by molar-refractivity contribution is 6.27. The second-order valence-electron chi connectivity index (χ2n) is 10.4. The number of unbranched alkanes of at least 4 members (excludes halogenated alkanes) is 3. The van der Waals surface area contributed by atoms with Gasteiger partial charge >= 0.3 is 0 Å². The second kappa shape index (κ2) is 10.5. The molecule has 5 rings (SSSR count). The van der Waals surface area contributed by atoms with Crippen molar-refractivity contribution in [2.75, 3.05) is 24.5 Å². The van der Waals surface area contributed by atoms with Crippen LogP contribution in [0.25, 0.3) is 10.8 Å². The first kappa shape index (κ1) is 25.7. The van der Waals surface area contributed by atoms with Gasteiger partial charge in [-0.05, 0) is 48.9 Å². The van der Waals surface area contributed by atoms with Crippen LogP contribution in [0.1, 0.15) is 79.8 Å². The number of likely N-dealkylation sites (tertiary alicyclic amines) is 1. The summed E-state index contributed by atoms with van der Waals surface area (Å²) < 4.78 is 28.0. The molecule has 2 aromatic rings. The molecule has 2 unspecified atom stereocenters. The van der Waals surface area contributed by atoms with E-state index in [-0.39, 0.29) is 43.5 Å². The van der Waals surface area contributed by atoms with Gasteiger partial charge in [0.25, 0.3) is 11.8 Å². The molecule has 0 saturated carbocycles. The zero-order chi connectivity index (χ0) is 26.2. The average Bonchev–Trinajstić information content (AvgIpc) is 3.15. The predicted molar refractivity (Wildman–Crippen MR) is 138 cm³/mol. The van der Waals surface area contributed by atoms with Gasteiger partial charge in [-0.2, -0.15) is 0 Å². The molecule has 37 heavy (non-hydrogen) atoms. The number of piperidine rings is 2. The molecule has 3 aliphatic heterocycles. The Bertz CT molecular complexity index is 1210. The van der Waals surface area contributed by atoms with E-state index in [1.807, 2.05) is 24.3 Å². The Hall–Kier alpha value is -2.91. The van der Waals surface area contributed by atoms with Crippen molar-refractivity contribution in [2.45, 2.75) is 75.8 Å². The van der Waals surface area contributed by atoms with Crippen molar-refractivity contribution in [3.8, 4) is 0 Å². The molecule has 0 aliphatic carbocycles. The molecule has 9 heteroatoms. The maximum Gasteiger partial charge on any atom is 0.259 e. The number of halogens is 2. The number of imide groups is 1. The van der Waals surface area contributed by atoms with Crippen LogP contribution in [0, 0.1) is 0 Å². The Morgan fingerprint density at radius 1 is 1.03 bits per heavy atom. The summed E-state index contributed by atoms with van der Waals surface area (Å²) in [6.45, 7) is 1.31. The standard InChI is InChI=1S/C28H34F2N4O3/c29-28(30)13-16-33(17-14-28)21(8-3-1-2-4-15-31)18-9-10-22-25-19(18)6-5-7-20(25)27(37)34(22)23-11-12-24(35)32-26(23)36/h5-7,9-10,21,23H,1-4,8,11-17,31H2,(H,32,35,36). The van der Waals surface area contributed by atoms with Gasteiger partial charge in [-0.15, -0.1) is 0 Å². The Kier molecular flexibility index (Phi) is 7.27. The molecular weight excluding hydrogens is 478 g/mol. The van der Waals surface area contributed by atoms with E-state index in [1.165, 1.54) is 4.90 Å². The smallest absolute Gasteiger partial charge is 0.259 e. The molecule has 0 aromatic heterocycles. The van der Waals surface area contributed by atoms with Gasteiger partial charge in [0.2, 0.25) is 11.8 Å². The Morgan fingerprint density at radius 3 is 2.51 bits per heavy atom. The van der Waals surface area contributed by atoms with Crippen LogP contribution in [-0.4, -0.2) is 54.2 Å². The van der Waals surface area contributed by atoms with Gasteiger partial charge in [-0.1, -0.05) is 37.5 Å². The van der Waals surface area contributed by atoms with Crippen LogP contribution in [0.5, 0.6) is 0 Å². The third-order valence-electron chi connectivity index (χ3n) is 8.04. The Labute approximate surface area is 215 Å². The van der Waals surface area contributed by atoms with Crippen LogP contribution in [0.4, 0.5) is 14.5 Å². The largest absolute Gasteiger partial charge is 0.330 e. The number of nitrogens with two attached hydrogens (primary N) is 1. The van der Waals surface area contributed by atoms with E-state index in [0.29, 0.717) is 30.9 Å². The lowest BCUT2D eigenvalue weighted by atomic mass is 9.90. The van der Waals surface area contributed by atoms with E-state index >= 15 is 0 Å². The van der Waals surface area contributed by atoms with E-state index in [2.05, 4.69) is 10.2 Å². The molecule has 2 saturated heterocycles. The molecule has 198 valence electrons. The molecule has 0 radical (unpaired) electrons. The summed E-state index contributed by atoms with van der Waals surface area (Å²) >= 11 is 0. The topological polar surface area (TPSA) is 95.7 Å². The summed E-state index contributed by atoms with van der Waals surface area (Å²) in [5.41, 5.74) is 7.87. The normalized spacial score (nSPS) is 22.5. The van der Waals surface area contributed by atoms with Crippen LogP contribution in [0.3, 0.4) is 0 Å². The summed E-state index contributed by atoms with van der Waals surface area (Å²) in [6, 6.07) is 8.70. The maximum atomic E-state index is 14.0. The number of benzene rings is 2. The highest BCUT2D eigenvalue weighted by Gasteiger charge is 2.42. The second-order valence-corrected chi connectivity index (χ2v) is 10.4. The van der Waals surface area contributed by atoms with Gasteiger partial charge in [0.15, 0.2) is 0 Å². The average molecular weight is 513 g/mol. The molecule has 3 N–H and O–H groups in total. The summed E-state index contributed by atoms with van der Waals surface area (Å²) in [4.78, 5) is 41.5. The fourth-order valence-electron chi connectivity index (χ4n) is 6.09. The van der Waals surface area contributed by atoms with Crippen molar-refractivity contribution in [3.63, 3.8) is 0 Å². The number of nitrogens with zero attached hydrogens (tertiary/aromatic N) is 2. The van der Waals surface area contributed by atoms with Gasteiger partial charge in [0.1, 0.15) is 6.04 Å². The van der Waals surface area contributed by atoms with Gasteiger partial charge in [0, 0.05) is 49.3 Å². The molecule has 3 amide bonds. The highest BCUT2D eigenvalue weighted by atomic mass is 19.3. The molecule has 2 aromatic carbocycles. The van der Waals surface area contributed by atoms with Crippen LogP contribution in [0.2, 0.25) is 0 Å². The fraction of sp³-hybridized carbons (Fsp3) is 0.536. The SMILES string of the molecule is NCCCCCCC(c1ccc2c3c(cccc13)C(=O)N2C1CCC(=O)NC1=O)N1CCC(F)(F)CC1. The van der Waals surface area contributed by atoms with Gasteiger partial charge in [0.05, 0.1) is 5.69 Å². The van der Waals surface area contributed by atoms with E-state index < -0.39 is 17.9 Å². The number of hydrogen-bond acceptors (Lipinski definition) is 5. The van der Waals surface area contributed by atoms with Gasteiger partial charge in [-0.3, -0.25) is 29.5 Å². The van der Waals surface area contributed by atoms with Crippen molar-refractivity contribution in [1.29, 1.82) is 0 Å². The van der Waals surface area contributed by atoms with Crippen molar-refractivity contribution < 1.29 is 23.2 Å². The number of carbonyl (C=O) groups excluding carboxylic acids is 3. The molecule has 3 aliphatic rings. The quantitative estimate of drug-likeness (QED) is 0.386. The maximum absolute atomic E-state index is 14.0. The zero-order valence-corrected chi connectivity index (χ0v) is 21.0. The number of hydrogen-bond donors (Lipinski definition) is 2. The monoisotopic (exact) mass is 512 g/mol. The lowest BCUT2D eigenvalue weighted by molar-refractivity contribution is -0.134. The molecule has 3 heterocycles. The molecule has 0 spiro atoms. The lowest BCUT2D eigenvalue weighted by Gasteiger charge is -2.38. The van der Waals surface area contributed by atoms with Crippen molar-refractivity contribution in [1.82, 2.24) is 10.2 Å². The Balaban J connectivity index is 1.50. The van der Waals surface area contributed by atoms with Crippen LogP contribution >= 0.6 is 0 Å². The first-order valence-electron chi connectivity index (χ1n) is 13.4. The third-order valence-corrected chi connectivity index (χ3v) is 8.04. The summed E-state index contributed by atoms with van der Waals surface area (Å²) in [6.07, 6.45) is 4.99. The molecule has 2 fully saturated rings. The molecule has 0 bridgehead atoms. The third kappa shape index (κ3) is 4.99. The van der Waals surface area contributed by atoms with E-state index in [4.69, 9.17) is 5.73 Å². The van der Waals surface area contributed by atoms with Gasteiger partial charge < -0.3 is 5.73 Å². The first-order valence-corrected chi connectivity index (χ1v) is 13.4. The Morgan fingerprint density at radius 2 is 1.78 bits per heavy atom. The number of carbonyl (C=O) groups is 3. The fourth-order valence-corrected chi connectivity index (χ4v) is 6.09. The minimum atomic E-state index is -2.63. The summed E-state index contributed by atoms with van der Waals surface area (Å²) in [5, 5.41) is 4.07.